The molecule has 2 heterocycles. The summed E-state index contributed by atoms with van der Waals surface area (Å²) in [5.41, 5.74) is 0.444. The summed E-state index contributed by atoms with van der Waals surface area (Å²) in [5.74, 6) is -0.872. The molecule has 2 aromatic carbocycles. The third-order valence-electron chi connectivity index (χ3n) is 5.13. The molecule has 0 N–H and O–H groups in total. The van der Waals surface area contributed by atoms with Crippen LogP contribution < -0.4 is 9.47 Å². The number of hydrogen-bond acceptors (Lipinski definition) is 8. The van der Waals surface area contributed by atoms with Crippen molar-refractivity contribution in [1.29, 1.82) is 0 Å². The molecule has 0 unspecified atom stereocenters. The van der Waals surface area contributed by atoms with Gasteiger partial charge in [0, 0.05) is 12.8 Å². The van der Waals surface area contributed by atoms with Gasteiger partial charge in [-0.05, 0) is 29.8 Å². The number of ether oxygens (including phenoxy) is 4. The van der Waals surface area contributed by atoms with Crippen LogP contribution in [0.2, 0.25) is 0 Å². The summed E-state index contributed by atoms with van der Waals surface area (Å²) in [6.07, 6.45) is -0.993. The standard InChI is InChI=1S/C21H20O8S/c1-13(22)26-11-19-16(10-20(23)29-19)21(30(24,25)15-5-3-2-4-6-15)14-7-8-17-18(9-14)28-12-27-17/h2-9,16,19,21H,10-12H2,1H3/t16-,19-,21-/m1/s1. The first-order chi connectivity index (χ1) is 14.4. The molecule has 4 rings (SSSR count). The van der Waals surface area contributed by atoms with Crippen LogP contribution in [0.25, 0.3) is 0 Å². The number of rotatable bonds is 6. The highest BCUT2D eigenvalue weighted by atomic mass is 32.2. The van der Waals surface area contributed by atoms with Gasteiger partial charge in [0.25, 0.3) is 0 Å². The third-order valence-corrected chi connectivity index (χ3v) is 7.35. The molecule has 0 radical (unpaired) electrons. The minimum Gasteiger partial charge on any atom is -0.462 e. The smallest absolute Gasteiger partial charge is 0.306 e. The van der Waals surface area contributed by atoms with E-state index in [1.54, 1.807) is 36.4 Å². The van der Waals surface area contributed by atoms with E-state index in [1.165, 1.54) is 19.1 Å². The molecule has 0 aliphatic carbocycles. The number of fused-ring (bicyclic) bond motifs is 1. The molecule has 8 nitrogen and oxygen atoms in total. The first-order valence-electron chi connectivity index (χ1n) is 9.37. The largest absolute Gasteiger partial charge is 0.462 e. The molecule has 3 atom stereocenters. The van der Waals surface area contributed by atoms with Crippen molar-refractivity contribution in [3.63, 3.8) is 0 Å². The van der Waals surface area contributed by atoms with Gasteiger partial charge in [-0.3, -0.25) is 9.59 Å². The lowest BCUT2D eigenvalue weighted by Gasteiger charge is -2.27. The minimum atomic E-state index is -3.92. The van der Waals surface area contributed by atoms with E-state index >= 15 is 0 Å². The van der Waals surface area contributed by atoms with Gasteiger partial charge in [-0.15, -0.1) is 0 Å². The Morgan fingerprint density at radius 3 is 2.60 bits per heavy atom. The van der Waals surface area contributed by atoms with Crippen LogP contribution in [0.15, 0.2) is 53.4 Å². The summed E-state index contributed by atoms with van der Waals surface area (Å²) in [6, 6.07) is 12.9. The first kappa shape index (κ1) is 20.2. The maximum atomic E-state index is 13.7. The molecule has 1 fully saturated rings. The van der Waals surface area contributed by atoms with Crippen LogP contribution >= 0.6 is 0 Å². The van der Waals surface area contributed by atoms with Gasteiger partial charge in [-0.25, -0.2) is 8.42 Å². The summed E-state index contributed by atoms with van der Waals surface area (Å²) in [4.78, 5) is 23.5. The number of sulfone groups is 1. The summed E-state index contributed by atoms with van der Waals surface area (Å²) >= 11 is 0. The molecular formula is C21H20O8S. The molecule has 2 aliphatic heterocycles. The molecule has 9 heteroatoms. The molecule has 2 aliphatic rings. The second-order valence-electron chi connectivity index (χ2n) is 7.09. The second-order valence-corrected chi connectivity index (χ2v) is 9.16. The highest BCUT2D eigenvalue weighted by Crippen LogP contribution is 2.45. The van der Waals surface area contributed by atoms with E-state index in [0.717, 1.165) is 0 Å². The van der Waals surface area contributed by atoms with Crippen molar-refractivity contribution in [3.8, 4) is 11.5 Å². The van der Waals surface area contributed by atoms with Crippen molar-refractivity contribution in [2.75, 3.05) is 13.4 Å². The van der Waals surface area contributed by atoms with E-state index in [9.17, 15) is 18.0 Å². The van der Waals surface area contributed by atoms with Crippen molar-refractivity contribution in [2.45, 2.75) is 29.6 Å². The molecule has 0 aromatic heterocycles. The first-order valence-corrected chi connectivity index (χ1v) is 10.9. The van der Waals surface area contributed by atoms with Gasteiger partial charge in [-0.1, -0.05) is 24.3 Å². The van der Waals surface area contributed by atoms with Gasteiger partial charge in [0.15, 0.2) is 21.3 Å². The molecule has 30 heavy (non-hydrogen) atoms. The van der Waals surface area contributed by atoms with Crippen LogP contribution in [0.3, 0.4) is 0 Å². The van der Waals surface area contributed by atoms with Crippen molar-refractivity contribution in [3.05, 3.63) is 54.1 Å². The van der Waals surface area contributed by atoms with E-state index in [2.05, 4.69) is 0 Å². The topological polar surface area (TPSA) is 105 Å². The normalized spacial score (nSPS) is 21.2. The summed E-state index contributed by atoms with van der Waals surface area (Å²) < 4.78 is 48.4. The Kier molecular flexibility index (Phi) is 5.38. The fourth-order valence-corrected chi connectivity index (χ4v) is 5.86. The minimum absolute atomic E-state index is 0.0506. The van der Waals surface area contributed by atoms with Crippen LogP contribution in [0, 0.1) is 5.92 Å². The maximum Gasteiger partial charge on any atom is 0.306 e. The number of cyclic esters (lactones) is 1. The molecule has 0 amide bonds. The lowest BCUT2D eigenvalue weighted by atomic mass is 9.92. The molecule has 2 aromatic rings. The molecule has 0 spiro atoms. The van der Waals surface area contributed by atoms with Crippen LogP contribution in [0.5, 0.6) is 11.5 Å². The zero-order valence-electron chi connectivity index (χ0n) is 16.1. The summed E-state index contributed by atoms with van der Waals surface area (Å²) in [7, 11) is -3.92. The van der Waals surface area contributed by atoms with Gasteiger partial charge in [0.05, 0.1) is 16.6 Å². The van der Waals surface area contributed by atoms with Crippen LogP contribution in [0.4, 0.5) is 0 Å². The van der Waals surface area contributed by atoms with Gasteiger partial charge < -0.3 is 18.9 Å². The van der Waals surface area contributed by atoms with E-state index in [4.69, 9.17) is 18.9 Å². The van der Waals surface area contributed by atoms with Crippen LogP contribution in [-0.4, -0.2) is 39.9 Å². The van der Waals surface area contributed by atoms with Gasteiger partial charge >= 0.3 is 11.9 Å². The predicted molar refractivity (Wildman–Crippen MR) is 104 cm³/mol. The molecule has 0 bridgehead atoms. The summed E-state index contributed by atoms with van der Waals surface area (Å²) in [6.45, 7) is 1.08. The predicted octanol–water partition coefficient (Wildman–Crippen LogP) is 2.43. The highest BCUT2D eigenvalue weighted by Gasteiger charge is 2.47. The third kappa shape index (κ3) is 3.85. The lowest BCUT2D eigenvalue weighted by Crippen LogP contribution is -2.32. The average molecular weight is 432 g/mol. The molecule has 0 saturated carbocycles. The van der Waals surface area contributed by atoms with Crippen molar-refractivity contribution in [1.82, 2.24) is 0 Å². The van der Waals surface area contributed by atoms with Gasteiger partial charge in [-0.2, -0.15) is 0 Å². The lowest BCUT2D eigenvalue weighted by molar-refractivity contribution is -0.152. The Balaban J connectivity index is 1.79. The van der Waals surface area contributed by atoms with E-state index < -0.39 is 39.0 Å². The monoisotopic (exact) mass is 432 g/mol. The number of carbonyl (C=O) groups is 2. The summed E-state index contributed by atoms with van der Waals surface area (Å²) in [5, 5.41) is -1.11. The van der Waals surface area contributed by atoms with E-state index in [0.29, 0.717) is 17.1 Å². The fraction of sp³-hybridized carbons (Fsp3) is 0.333. The van der Waals surface area contributed by atoms with Gasteiger partial charge in [0.2, 0.25) is 6.79 Å². The fourth-order valence-electron chi connectivity index (χ4n) is 3.79. The van der Waals surface area contributed by atoms with E-state index in [1.807, 2.05) is 0 Å². The quantitative estimate of drug-likeness (QED) is 0.641. The SMILES string of the molecule is CC(=O)OC[C@H]1OC(=O)C[C@H]1[C@@H](c1ccc2c(c1)OCO2)S(=O)(=O)c1ccccc1. The Morgan fingerprint density at radius 1 is 1.13 bits per heavy atom. The highest BCUT2D eigenvalue weighted by molar-refractivity contribution is 7.91. The van der Waals surface area contributed by atoms with E-state index in [-0.39, 0.29) is 24.7 Å². The number of benzene rings is 2. The van der Waals surface area contributed by atoms with Crippen LogP contribution in [-0.2, 0) is 28.9 Å². The van der Waals surface area contributed by atoms with Gasteiger partial charge in [0.1, 0.15) is 12.7 Å². The maximum absolute atomic E-state index is 13.7. The molecule has 1 saturated heterocycles. The molecular weight excluding hydrogens is 412 g/mol. The Hall–Kier alpha value is -3.07. The van der Waals surface area contributed by atoms with Crippen LogP contribution in [0.1, 0.15) is 24.2 Å². The number of esters is 2. The van der Waals surface area contributed by atoms with Crippen molar-refractivity contribution >= 4 is 21.8 Å². The number of hydrogen-bond donors (Lipinski definition) is 0. The van der Waals surface area contributed by atoms with Crippen molar-refractivity contribution in [2.24, 2.45) is 5.92 Å². The Labute approximate surface area is 173 Å². The Bertz CT molecular complexity index is 1060. The Morgan fingerprint density at radius 2 is 1.87 bits per heavy atom. The zero-order chi connectivity index (χ0) is 21.3. The number of carbonyl (C=O) groups excluding carboxylic acids is 2. The average Bonchev–Trinajstić information content (AvgIpc) is 3.33. The second kappa shape index (κ2) is 7.98. The molecule has 158 valence electrons. The zero-order valence-corrected chi connectivity index (χ0v) is 17.0. The van der Waals surface area contributed by atoms with Crippen molar-refractivity contribution < 1.29 is 37.0 Å².